The monoisotopic (exact) mass is 353 g/mol. The highest BCUT2D eigenvalue weighted by Crippen LogP contribution is 2.26. The highest BCUT2D eigenvalue weighted by Gasteiger charge is 2.16. The zero-order valence-electron chi connectivity index (χ0n) is 12.7. The van der Waals surface area contributed by atoms with Crippen molar-refractivity contribution in [3.05, 3.63) is 28.2 Å². The number of carbonyl (C=O) groups is 1. The third-order valence-corrected chi connectivity index (χ3v) is 4.46. The Hall–Kier alpha value is -1.03. The molecule has 0 atom stereocenters. The summed E-state index contributed by atoms with van der Waals surface area (Å²) in [6.07, 6.45) is 6.87. The smallest absolute Gasteiger partial charge is 0.260 e. The van der Waals surface area contributed by atoms with Crippen LogP contribution < -0.4 is 4.74 Å². The van der Waals surface area contributed by atoms with Crippen LogP contribution >= 0.6 is 15.9 Å². The van der Waals surface area contributed by atoms with Crippen molar-refractivity contribution in [3.63, 3.8) is 0 Å². The number of hydrogen-bond acceptors (Lipinski definition) is 2. The first-order chi connectivity index (χ1) is 10.2. The van der Waals surface area contributed by atoms with E-state index in [9.17, 15) is 4.79 Å². The summed E-state index contributed by atoms with van der Waals surface area (Å²) < 4.78 is 6.62. The fourth-order valence-corrected chi connectivity index (χ4v) is 3.20. The highest BCUT2D eigenvalue weighted by atomic mass is 79.9. The van der Waals surface area contributed by atoms with E-state index < -0.39 is 0 Å². The average molecular weight is 354 g/mol. The average Bonchev–Trinajstić information content (AvgIpc) is 2.75. The molecule has 116 valence electrons. The van der Waals surface area contributed by atoms with Crippen LogP contribution in [0.1, 0.15) is 44.6 Å². The van der Waals surface area contributed by atoms with Gasteiger partial charge >= 0.3 is 0 Å². The number of halogens is 1. The van der Waals surface area contributed by atoms with Crippen molar-refractivity contribution in [3.8, 4) is 5.75 Å². The number of carbonyl (C=O) groups excluding carboxylic acids is 1. The summed E-state index contributed by atoms with van der Waals surface area (Å²) in [7, 11) is 0. The Balaban J connectivity index is 1.88. The van der Waals surface area contributed by atoms with E-state index in [0.717, 1.165) is 49.0 Å². The Labute approximate surface area is 135 Å². The minimum atomic E-state index is 0.0986. The van der Waals surface area contributed by atoms with E-state index in [1.165, 1.54) is 18.4 Å². The van der Waals surface area contributed by atoms with Crippen LogP contribution in [-0.4, -0.2) is 30.5 Å². The van der Waals surface area contributed by atoms with Crippen LogP contribution in [-0.2, 0) is 11.2 Å². The van der Waals surface area contributed by atoms with Crippen LogP contribution in [0, 0.1) is 0 Å². The predicted molar refractivity (Wildman–Crippen MR) is 88.7 cm³/mol. The number of hydrogen-bond donors (Lipinski definition) is 0. The van der Waals surface area contributed by atoms with Gasteiger partial charge in [0, 0.05) is 13.1 Å². The maximum absolute atomic E-state index is 12.2. The Bertz CT molecular complexity index is 468. The summed E-state index contributed by atoms with van der Waals surface area (Å²) >= 11 is 3.53. The van der Waals surface area contributed by atoms with Gasteiger partial charge in [-0.3, -0.25) is 4.79 Å². The van der Waals surface area contributed by atoms with Gasteiger partial charge in [-0.1, -0.05) is 32.3 Å². The Morgan fingerprint density at radius 3 is 2.57 bits per heavy atom. The molecule has 1 fully saturated rings. The topological polar surface area (TPSA) is 29.5 Å². The molecule has 21 heavy (non-hydrogen) atoms. The maximum Gasteiger partial charge on any atom is 0.260 e. The summed E-state index contributed by atoms with van der Waals surface area (Å²) in [5.41, 5.74) is 1.29. The molecule has 4 heteroatoms. The molecule has 1 aliphatic heterocycles. The molecule has 1 aliphatic rings. The van der Waals surface area contributed by atoms with Crippen LogP contribution in [0.4, 0.5) is 0 Å². The van der Waals surface area contributed by atoms with Gasteiger partial charge in [0.05, 0.1) is 4.47 Å². The minimum absolute atomic E-state index is 0.0986. The van der Waals surface area contributed by atoms with Crippen molar-refractivity contribution < 1.29 is 9.53 Å². The number of aryl methyl sites for hydroxylation is 1. The lowest BCUT2D eigenvalue weighted by Crippen LogP contribution is -2.35. The van der Waals surface area contributed by atoms with E-state index in [1.54, 1.807) is 0 Å². The van der Waals surface area contributed by atoms with Crippen LogP contribution in [0.25, 0.3) is 0 Å². The van der Waals surface area contributed by atoms with E-state index in [2.05, 4.69) is 35.0 Å². The quantitative estimate of drug-likeness (QED) is 0.794. The second-order valence-corrected chi connectivity index (χ2v) is 6.45. The number of benzene rings is 1. The molecule has 0 spiro atoms. The van der Waals surface area contributed by atoms with Crippen molar-refractivity contribution in [1.29, 1.82) is 0 Å². The number of amides is 1. The molecular weight excluding hydrogens is 330 g/mol. The van der Waals surface area contributed by atoms with Gasteiger partial charge in [0.15, 0.2) is 6.61 Å². The van der Waals surface area contributed by atoms with Gasteiger partial charge in [-0.25, -0.2) is 0 Å². The number of ether oxygens (including phenoxy) is 1. The fraction of sp³-hybridized carbons (Fsp3) is 0.588. The molecule has 0 unspecified atom stereocenters. The number of rotatable bonds is 5. The van der Waals surface area contributed by atoms with Crippen LogP contribution in [0.3, 0.4) is 0 Å². The zero-order valence-corrected chi connectivity index (χ0v) is 14.3. The van der Waals surface area contributed by atoms with Gasteiger partial charge in [0.2, 0.25) is 0 Å². The van der Waals surface area contributed by atoms with Gasteiger partial charge in [-0.2, -0.15) is 0 Å². The van der Waals surface area contributed by atoms with Gasteiger partial charge in [-0.15, -0.1) is 0 Å². The number of likely N-dealkylation sites (tertiary alicyclic amines) is 1. The third kappa shape index (κ3) is 5.03. The highest BCUT2D eigenvalue weighted by molar-refractivity contribution is 9.10. The summed E-state index contributed by atoms with van der Waals surface area (Å²) in [4.78, 5) is 14.1. The SMILES string of the molecule is CCCc1ccc(OCC(=O)N2CCCCCC2)c(Br)c1. The molecule has 2 rings (SSSR count). The van der Waals surface area contributed by atoms with Crippen molar-refractivity contribution in [2.45, 2.75) is 45.4 Å². The molecule has 0 radical (unpaired) electrons. The molecule has 1 aromatic rings. The summed E-state index contributed by atoms with van der Waals surface area (Å²) in [6, 6.07) is 6.10. The zero-order chi connectivity index (χ0) is 15.1. The molecule has 1 amide bonds. The van der Waals surface area contributed by atoms with Crippen LogP contribution in [0.5, 0.6) is 5.75 Å². The molecule has 1 aromatic carbocycles. The normalized spacial score (nSPS) is 15.6. The maximum atomic E-state index is 12.2. The Morgan fingerprint density at radius 2 is 1.95 bits per heavy atom. The minimum Gasteiger partial charge on any atom is -0.483 e. The summed E-state index contributed by atoms with van der Waals surface area (Å²) in [5.74, 6) is 0.847. The lowest BCUT2D eigenvalue weighted by molar-refractivity contribution is -0.133. The Kier molecular flexibility index (Phi) is 6.55. The first-order valence-electron chi connectivity index (χ1n) is 7.89. The van der Waals surface area contributed by atoms with Crippen molar-refractivity contribution in [2.75, 3.05) is 19.7 Å². The van der Waals surface area contributed by atoms with Crippen LogP contribution in [0.15, 0.2) is 22.7 Å². The van der Waals surface area contributed by atoms with Crippen molar-refractivity contribution >= 4 is 21.8 Å². The van der Waals surface area contributed by atoms with Gasteiger partial charge < -0.3 is 9.64 Å². The molecular formula is C17H24BrNO2. The first kappa shape index (κ1) is 16.3. The molecule has 0 bridgehead atoms. The van der Waals surface area contributed by atoms with E-state index >= 15 is 0 Å². The largest absolute Gasteiger partial charge is 0.483 e. The molecule has 0 N–H and O–H groups in total. The first-order valence-corrected chi connectivity index (χ1v) is 8.69. The summed E-state index contributed by atoms with van der Waals surface area (Å²) in [5, 5.41) is 0. The second-order valence-electron chi connectivity index (χ2n) is 5.60. The van der Waals surface area contributed by atoms with E-state index in [-0.39, 0.29) is 12.5 Å². The number of nitrogens with zero attached hydrogens (tertiary/aromatic N) is 1. The molecule has 0 saturated carbocycles. The van der Waals surface area contributed by atoms with Crippen molar-refractivity contribution in [1.82, 2.24) is 4.90 Å². The lowest BCUT2D eigenvalue weighted by Gasteiger charge is -2.20. The molecule has 0 aromatic heterocycles. The van der Waals surface area contributed by atoms with Gasteiger partial charge in [0.1, 0.15) is 5.75 Å². The van der Waals surface area contributed by atoms with Crippen LogP contribution in [0.2, 0.25) is 0 Å². The van der Waals surface area contributed by atoms with E-state index in [0.29, 0.717) is 0 Å². The lowest BCUT2D eigenvalue weighted by atomic mass is 10.1. The molecule has 0 aliphatic carbocycles. The van der Waals surface area contributed by atoms with E-state index in [4.69, 9.17) is 4.74 Å². The van der Waals surface area contributed by atoms with Crippen molar-refractivity contribution in [2.24, 2.45) is 0 Å². The fourth-order valence-electron chi connectivity index (χ4n) is 2.66. The standard InChI is InChI=1S/C17H24BrNO2/c1-2-7-14-8-9-16(15(18)12-14)21-13-17(20)19-10-5-3-4-6-11-19/h8-9,12H,2-7,10-11,13H2,1H3. The van der Waals surface area contributed by atoms with Gasteiger partial charge in [0.25, 0.3) is 5.91 Å². The molecule has 1 heterocycles. The Morgan fingerprint density at radius 1 is 1.24 bits per heavy atom. The molecule has 1 saturated heterocycles. The van der Waals surface area contributed by atoms with Gasteiger partial charge in [-0.05, 0) is 52.9 Å². The predicted octanol–water partition coefficient (Wildman–Crippen LogP) is 4.18. The third-order valence-electron chi connectivity index (χ3n) is 3.84. The molecule has 3 nitrogen and oxygen atoms in total. The second kappa shape index (κ2) is 8.42. The summed E-state index contributed by atoms with van der Waals surface area (Å²) in [6.45, 7) is 4.04. The van der Waals surface area contributed by atoms with E-state index in [1.807, 2.05) is 11.0 Å².